The molecular formula is C19H27N4O15P3. The fourth-order valence-corrected chi connectivity index (χ4v) is 7.61. The lowest BCUT2D eigenvalue weighted by molar-refractivity contribution is -0.0551. The number of phosphoric acid groups is 2. The molecular weight excluding hydrogens is 617 g/mol. The van der Waals surface area contributed by atoms with Gasteiger partial charge in [0.2, 0.25) is 0 Å². The SMILES string of the molecule is NCCCP(=O)(O)OP(=O)(O)OP(=O)(O)OC[C@H]1O[C@@H](n2ccc(=O)[nH]c2=O)C(OC(=O)Nc2ccccc2)[C@H]1O. The van der Waals surface area contributed by atoms with Crippen molar-refractivity contribution < 1.29 is 60.9 Å². The molecule has 0 saturated carbocycles. The molecule has 1 aliphatic rings. The highest BCUT2D eigenvalue weighted by molar-refractivity contribution is 7.68. The Hall–Kier alpha value is -2.50. The van der Waals surface area contributed by atoms with E-state index >= 15 is 0 Å². The summed E-state index contributed by atoms with van der Waals surface area (Å²) in [7, 11) is -15.9. The molecule has 1 aromatic carbocycles. The molecule has 2 aromatic rings. The number of phosphoric ester groups is 1. The summed E-state index contributed by atoms with van der Waals surface area (Å²) < 4.78 is 60.4. The van der Waals surface area contributed by atoms with E-state index in [2.05, 4.69) is 18.5 Å². The first kappa shape index (κ1) is 33.0. The fourth-order valence-electron chi connectivity index (χ4n) is 3.46. The van der Waals surface area contributed by atoms with Crippen LogP contribution in [0.1, 0.15) is 12.6 Å². The number of hydrogen-bond acceptors (Lipinski definition) is 13. The summed E-state index contributed by atoms with van der Waals surface area (Å²) >= 11 is 0. The monoisotopic (exact) mass is 644 g/mol. The minimum Gasteiger partial charge on any atom is -0.438 e. The van der Waals surface area contributed by atoms with Crippen molar-refractivity contribution in [3.05, 3.63) is 63.4 Å². The van der Waals surface area contributed by atoms with Crippen LogP contribution >= 0.6 is 23.2 Å². The van der Waals surface area contributed by atoms with Crippen LogP contribution in [-0.2, 0) is 36.3 Å². The summed E-state index contributed by atoms with van der Waals surface area (Å²) in [6.45, 7) is -1.12. The molecule has 0 aliphatic carbocycles. The molecule has 7 atom stereocenters. The van der Waals surface area contributed by atoms with Crippen LogP contribution in [0.2, 0.25) is 0 Å². The largest absolute Gasteiger partial charge is 0.488 e. The minimum absolute atomic E-state index is 0.0549. The van der Waals surface area contributed by atoms with Gasteiger partial charge in [-0.1, -0.05) is 18.2 Å². The quantitative estimate of drug-likeness (QED) is 0.143. The number of amides is 1. The average molecular weight is 644 g/mol. The lowest BCUT2D eigenvalue weighted by Gasteiger charge is -2.22. The normalized spacial score (nSPS) is 25.0. The van der Waals surface area contributed by atoms with E-state index in [9.17, 15) is 47.9 Å². The number of hydrogen-bond donors (Lipinski definition) is 7. The Morgan fingerprint density at radius 3 is 2.39 bits per heavy atom. The van der Waals surface area contributed by atoms with Gasteiger partial charge in [-0.05, 0) is 25.1 Å². The zero-order valence-corrected chi connectivity index (χ0v) is 23.5. The third-order valence-electron chi connectivity index (χ3n) is 5.19. The molecule has 228 valence electrons. The molecule has 8 N–H and O–H groups in total. The maximum absolute atomic E-state index is 12.5. The molecule has 19 nitrogen and oxygen atoms in total. The number of nitrogens with zero attached hydrogens (tertiary/aromatic N) is 1. The van der Waals surface area contributed by atoms with Gasteiger partial charge in [0.15, 0.2) is 12.3 Å². The number of aliphatic hydroxyl groups excluding tert-OH is 1. The molecule has 1 saturated heterocycles. The van der Waals surface area contributed by atoms with Crippen molar-refractivity contribution >= 4 is 35.0 Å². The number of ether oxygens (including phenoxy) is 2. The van der Waals surface area contributed by atoms with E-state index in [4.69, 9.17) is 15.2 Å². The first-order valence-electron chi connectivity index (χ1n) is 11.5. The predicted octanol–water partition coefficient (Wildman–Crippen LogP) is 0.197. The van der Waals surface area contributed by atoms with Crippen LogP contribution in [-0.4, -0.2) is 73.1 Å². The molecule has 1 fully saturated rings. The topological polar surface area (TPSA) is 288 Å². The number of aliphatic hydroxyl groups is 1. The maximum atomic E-state index is 12.5. The molecule has 1 aromatic heterocycles. The number of carbonyl (C=O) groups excluding carboxylic acids is 1. The highest BCUT2D eigenvalue weighted by atomic mass is 31.3. The van der Waals surface area contributed by atoms with Gasteiger partial charge in [0.1, 0.15) is 12.2 Å². The van der Waals surface area contributed by atoms with Crippen LogP contribution in [0.25, 0.3) is 0 Å². The lowest BCUT2D eigenvalue weighted by Crippen LogP contribution is -2.41. The summed E-state index contributed by atoms with van der Waals surface area (Å²) in [5.41, 5.74) is 3.71. The predicted molar refractivity (Wildman–Crippen MR) is 138 cm³/mol. The molecule has 1 aliphatic heterocycles. The van der Waals surface area contributed by atoms with Gasteiger partial charge in [-0.2, -0.15) is 4.31 Å². The molecule has 0 bridgehead atoms. The van der Waals surface area contributed by atoms with Crippen molar-refractivity contribution in [2.75, 3.05) is 24.6 Å². The summed E-state index contributed by atoms with van der Waals surface area (Å²) in [5.74, 6) is 0. The second kappa shape index (κ2) is 13.6. The van der Waals surface area contributed by atoms with E-state index in [1.807, 2.05) is 4.98 Å². The lowest BCUT2D eigenvalue weighted by atomic mass is 10.1. The van der Waals surface area contributed by atoms with Gasteiger partial charge in [-0.25, -0.2) is 23.0 Å². The van der Waals surface area contributed by atoms with Crippen LogP contribution in [0.5, 0.6) is 0 Å². The Kier molecular flexibility index (Phi) is 11.0. The number of benzene rings is 1. The fraction of sp³-hybridized carbons (Fsp3) is 0.421. The van der Waals surface area contributed by atoms with Crippen LogP contribution in [0.4, 0.5) is 10.5 Å². The van der Waals surface area contributed by atoms with Gasteiger partial charge in [0.25, 0.3) is 5.56 Å². The Balaban J connectivity index is 1.74. The van der Waals surface area contributed by atoms with Crippen LogP contribution in [0.3, 0.4) is 0 Å². The highest BCUT2D eigenvalue weighted by Gasteiger charge is 2.49. The van der Waals surface area contributed by atoms with Gasteiger partial charge in [0, 0.05) is 18.0 Å². The molecule has 3 rings (SSSR count). The van der Waals surface area contributed by atoms with E-state index in [1.165, 1.54) is 12.1 Å². The second-order valence-corrected chi connectivity index (χ2v) is 13.5. The number of aromatic nitrogens is 2. The molecule has 2 heterocycles. The van der Waals surface area contributed by atoms with Gasteiger partial charge < -0.3 is 35.0 Å². The number of aromatic amines is 1. The van der Waals surface area contributed by atoms with Crippen molar-refractivity contribution in [3.63, 3.8) is 0 Å². The molecule has 0 radical (unpaired) electrons. The number of nitrogens with one attached hydrogen (secondary N) is 2. The Bertz CT molecular complexity index is 1470. The smallest absolute Gasteiger partial charge is 0.438 e. The van der Waals surface area contributed by atoms with Crippen LogP contribution in [0.15, 0.2) is 52.2 Å². The number of carbonyl (C=O) groups is 1. The molecule has 0 spiro atoms. The minimum atomic E-state index is -5.64. The van der Waals surface area contributed by atoms with Gasteiger partial charge >= 0.3 is 35.0 Å². The van der Waals surface area contributed by atoms with E-state index in [-0.39, 0.29) is 13.0 Å². The summed E-state index contributed by atoms with van der Waals surface area (Å²) in [4.78, 5) is 67.4. The van der Waals surface area contributed by atoms with Gasteiger partial charge in [-0.3, -0.25) is 28.8 Å². The average Bonchev–Trinajstić information content (AvgIpc) is 3.15. The summed E-state index contributed by atoms with van der Waals surface area (Å²) in [6.07, 6.45) is -7.58. The van der Waals surface area contributed by atoms with Gasteiger partial charge in [0.05, 0.1) is 12.8 Å². The Morgan fingerprint density at radius 1 is 1.07 bits per heavy atom. The van der Waals surface area contributed by atoms with Crippen LogP contribution < -0.4 is 22.3 Å². The zero-order chi connectivity index (χ0) is 30.4. The van der Waals surface area contributed by atoms with E-state index in [0.29, 0.717) is 5.69 Å². The van der Waals surface area contributed by atoms with Crippen molar-refractivity contribution in [1.29, 1.82) is 0 Å². The second-order valence-electron chi connectivity index (χ2n) is 8.33. The van der Waals surface area contributed by atoms with E-state index in [0.717, 1.165) is 16.8 Å². The Morgan fingerprint density at radius 2 is 1.76 bits per heavy atom. The molecule has 4 unspecified atom stereocenters. The third kappa shape index (κ3) is 9.78. The van der Waals surface area contributed by atoms with Gasteiger partial charge in [-0.15, -0.1) is 0 Å². The first-order chi connectivity index (χ1) is 19.1. The summed E-state index contributed by atoms with van der Waals surface area (Å²) in [5, 5.41) is 13.2. The van der Waals surface area contributed by atoms with E-state index < -0.39 is 77.9 Å². The third-order valence-corrected chi connectivity index (χ3v) is 10.0. The standard InChI is InChI=1S/C19H27N4O15P3/c20-8-4-10-39(28,29)37-41(32,33)38-40(30,31)34-11-13-15(25)16(36-19(27)21-12-5-2-1-3-6-12)17(35-13)23-9-7-14(24)22-18(23)26/h1-3,5-7,9,13,15-17,25H,4,8,10-11,20H2,(H,21,27)(H,28,29)(H,30,31)(H,32,33)(H,22,24,26)/t13-,15+,16?,17-/m1/s1. The highest BCUT2D eigenvalue weighted by Crippen LogP contribution is 2.67. The van der Waals surface area contributed by atoms with Crippen LogP contribution in [0, 0.1) is 0 Å². The zero-order valence-electron chi connectivity index (χ0n) is 20.8. The molecule has 22 heteroatoms. The number of H-pyrrole nitrogens is 1. The molecule has 41 heavy (non-hydrogen) atoms. The van der Waals surface area contributed by atoms with Crippen molar-refractivity contribution in [2.45, 2.75) is 31.0 Å². The Labute approximate surface area is 230 Å². The van der Waals surface area contributed by atoms with Crippen molar-refractivity contribution in [2.24, 2.45) is 5.73 Å². The number of rotatable bonds is 13. The maximum Gasteiger partial charge on any atom is 0.488 e. The number of nitrogens with two attached hydrogens (primary N) is 1. The number of anilines is 1. The van der Waals surface area contributed by atoms with Crippen molar-refractivity contribution in [3.8, 4) is 0 Å². The summed E-state index contributed by atoms with van der Waals surface area (Å²) in [6, 6.07) is 8.90. The first-order valence-corrected chi connectivity index (χ1v) is 16.3. The molecule has 1 amide bonds. The van der Waals surface area contributed by atoms with Crippen molar-refractivity contribution in [1.82, 2.24) is 9.55 Å². The van der Waals surface area contributed by atoms with E-state index in [1.54, 1.807) is 18.2 Å². The number of para-hydroxylation sites is 1.